The van der Waals surface area contributed by atoms with Crippen LogP contribution in [0.4, 0.5) is 22.7 Å². The van der Waals surface area contributed by atoms with E-state index in [-0.39, 0.29) is 29.2 Å². The number of hydrogen-bond acceptors (Lipinski definition) is 8. The number of nitro groups is 2. The van der Waals surface area contributed by atoms with Gasteiger partial charge in [-0.15, -0.1) is 0 Å². The van der Waals surface area contributed by atoms with Crippen molar-refractivity contribution in [2.45, 2.75) is 6.42 Å². The van der Waals surface area contributed by atoms with Crippen LogP contribution < -0.4 is 9.44 Å². The van der Waals surface area contributed by atoms with Gasteiger partial charge in [0, 0.05) is 35.6 Å². The fourth-order valence-corrected chi connectivity index (χ4v) is 4.63. The molecule has 2 aromatic carbocycles. The summed E-state index contributed by atoms with van der Waals surface area (Å²) in [4.78, 5) is 19.9. The van der Waals surface area contributed by atoms with E-state index in [0.717, 1.165) is 24.3 Å². The van der Waals surface area contributed by atoms with Crippen LogP contribution in [-0.2, 0) is 20.0 Å². The highest BCUT2D eigenvalue weighted by molar-refractivity contribution is 7.93. The lowest BCUT2D eigenvalue weighted by Gasteiger charge is -2.09. The number of nitrogens with one attached hydrogen (secondary N) is 2. The molecule has 2 rings (SSSR count). The van der Waals surface area contributed by atoms with Crippen LogP contribution in [0.3, 0.4) is 0 Å². The van der Waals surface area contributed by atoms with E-state index in [2.05, 4.69) is 9.44 Å². The second kappa shape index (κ2) is 8.83. The van der Waals surface area contributed by atoms with Crippen molar-refractivity contribution in [3.63, 3.8) is 0 Å². The molecule has 0 aliphatic heterocycles. The highest BCUT2D eigenvalue weighted by Crippen LogP contribution is 2.18. The van der Waals surface area contributed by atoms with Crippen LogP contribution >= 0.6 is 0 Å². The fourth-order valence-electron chi connectivity index (χ4n) is 2.20. The summed E-state index contributed by atoms with van der Waals surface area (Å²) in [5, 5.41) is 21.2. The van der Waals surface area contributed by atoms with Crippen LogP contribution in [0, 0.1) is 20.2 Å². The average molecular weight is 444 g/mol. The topological polar surface area (TPSA) is 179 Å². The number of nitro benzene ring substituents is 2. The number of non-ortho nitro benzene ring substituents is 2. The Kier molecular flexibility index (Phi) is 6.71. The second-order valence-corrected chi connectivity index (χ2v) is 9.49. The number of nitrogens with zero attached hydrogens (tertiary/aromatic N) is 2. The maximum Gasteiger partial charge on any atom is 0.269 e. The van der Waals surface area contributed by atoms with Crippen molar-refractivity contribution in [1.29, 1.82) is 0 Å². The Morgan fingerprint density at radius 3 is 1.24 bits per heavy atom. The lowest BCUT2D eigenvalue weighted by Crippen LogP contribution is -2.22. The van der Waals surface area contributed by atoms with E-state index in [4.69, 9.17) is 0 Å². The molecule has 12 nitrogen and oxygen atoms in total. The van der Waals surface area contributed by atoms with E-state index in [9.17, 15) is 37.1 Å². The number of benzene rings is 2. The van der Waals surface area contributed by atoms with Gasteiger partial charge in [-0.05, 0) is 30.7 Å². The number of anilines is 2. The van der Waals surface area contributed by atoms with Crippen molar-refractivity contribution < 1.29 is 26.7 Å². The smallest absolute Gasteiger partial charge is 0.269 e. The van der Waals surface area contributed by atoms with E-state index >= 15 is 0 Å². The lowest BCUT2D eigenvalue weighted by molar-refractivity contribution is -0.385. The molecule has 0 radical (unpaired) electrons. The molecular weight excluding hydrogens is 428 g/mol. The molecule has 0 amide bonds. The van der Waals surface area contributed by atoms with Crippen molar-refractivity contribution in [2.24, 2.45) is 0 Å². The molecule has 0 bridgehead atoms. The highest BCUT2D eigenvalue weighted by Gasteiger charge is 2.16. The summed E-state index contributed by atoms with van der Waals surface area (Å²) < 4.78 is 52.6. The van der Waals surface area contributed by atoms with Gasteiger partial charge in [-0.3, -0.25) is 29.7 Å². The summed E-state index contributed by atoms with van der Waals surface area (Å²) in [6, 6.07) is 9.44. The molecule has 29 heavy (non-hydrogen) atoms. The number of hydrogen-bond donors (Lipinski definition) is 2. The molecule has 2 aromatic rings. The van der Waals surface area contributed by atoms with Gasteiger partial charge in [-0.2, -0.15) is 0 Å². The first kappa shape index (κ1) is 22.0. The van der Waals surface area contributed by atoms with Crippen molar-refractivity contribution in [1.82, 2.24) is 0 Å². The maximum absolute atomic E-state index is 12.0. The van der Waals surface area contributed by atoms with E-state index in [0.29, 0.717) is 0 Å². The Bertz CT molecular complexity index is 1010. The van der Waals surface area contributed by atoms with Gasteiger partial charge in [0.2, 0.25) is 20.0 Å². The third kappa shape index (κ3) is 7.00. The first-order valence-electron chi connectivity index (χ1n) is 7.97. The Hall–Kier alpha value is -3.26. The van der Waals surface area contributed by atoms with Gasteiger partial charge in [0.25, 0.3) is 11.4 Å². The molecule has 0 fully saturated rings. The molecular formula is C15H16N4O8S2. The monoisotopic (exact) mass is 444 g/mol. The molecule has 0 unspecified atom stereocenters. The molecule has 0 saturated carbocycles. The van der Waals surface area contributed by atoms with Crippen LogP contribution in [-0.4, -0.2) is 38.2 Å². The summed E-state index contributed by atoms with van der Waals surface area (Å²) in [5.41, 5.74) is -0.169. The lowest BCUT2D eigenvalue weighted by atomic mass is 10.3. The minimum Gasteiger partial charge on any atom is -0.284 e. The van der Waals surface area contributed by atoms with Gasteiger partial charge in [0.05, 0.1) is 21.4 Å². The van der Waals surface area contributed by atoms with E-state index in [1.54, 1.807) is 0 Å². The Morgan fingerprint density at radius 1 is 0.655 bits per heavy atom. The molecule has 14 heteroatoms. The third-order valence-corrected chi connectivity index (χ3v) is 6.27. The summed E-state index contributed by atoms with van der Waals surface area (Å²) in [5.74, 6) is -0.990. The molecule has 2 N–H and O–H groups in total. The van der Waals surface area contributed by atoms with Gasteiger partial charge in [0.1, 0.15) is 0 Å². The van der Waals surface area contributed by atoms with E-state index in [1.165, 1.54) is 24.3 Å². The highest BCUT2D eigenvalue weighted by atomic mass is 32.2. The van der Waals surface area contributed by atoms with Gasteiger partial charge >= 0.3 is 0 Å². The van der Waals surface area contributed by atoms with Crippen molar-refractivity contribution in [3.05, 3.63) is 68.8 Å². The molecule has 0 aromatic heterocycles. The van der Waals surface area contributed by atoms with Gasteiger partial charge in [-0.1, -0.05) is 0 Å². The molecule has 0 spiro atoms. The van der Waals surface area contributed by atoms with Gasteiger partial charge in [-0.25, -0.2) is 16.8 Å². The van der Waals surface area contributed by atoms with Crippen molar-refractivity contribution in [3.8, 4) is 0 Å². The molecule has 0 aliphatic carbocycles. The quantitative estimate of drug-likeness (QED) is 0.413. The van der Waals surface area contributed by atoms with E-state index in [1.807, 2.05) is 0 Å². The van der Waals surface area contributed by atoms with Crippen LogP contribution in [0.15, 0.2) is 48.5 Å². The van der Waals surface area contributed by atoms with Gasteiger partial charge in [0.15, 0.2) is 0 Å². The van der Waals surface area contributed by atoms with Crippen molar-refractivity contribution >= 4 is 42.8 Å². The maximum atomic E-state index is 12.0. The first-order valence-corrected chi connectivity index (χ1v) is 11.3. The normalized spacial score (nSPS) is 11.6. The molecule has 0 aliphatic rings. The Balaban J connectivity index is 1.89. The minimum atomic E-state index is -3.87. The summed E-state index contributed by atoms with van der Waals surface area (Å²) in [6.07, 6.45) is -0.218. The largest absolute Gasteiger partial charge is 0.284 e. The number of sulfonamides is 2. The first-order chi connectivity index (χ1) is 13.5. The van der Waals surface area contributed by atoms with Gasteiger partial charge < -0.3 is 0 Å². The van der Waals surface area contributed by atoms with Crippen LogP contribution in [0.2, 0.25) is 0 Å². The zero-order chi connectivity index (χ0) is 21.7. The SMILES string of the molecule is O=[N+]([O-])c1ccc(NS(=O)(=O)CCCS(=O)(=O)Nc2ccc([N+](=O)[O-])cc2)cc1. The summed E-state index contributed by atoms with van der Waals surface area (Å²) in [7, 11) is -7.73. The summed E-state index contributed by atoms with van der Waals surface area (Å²) in [6.45, 7) is 0. The van der Waals surface area contributed by atoms with E-state index < -0.39 is 41.4 Å². The van der Waals surface area contributed by atoms with Crippen LogP contribution in [0.25, 0.3) is 0 Å². The zero-order valence-corrected chi connectivity index (χ0v) is 16.4. The average Bonchev–Trinajstić information content (AvgIpc) is 2.61. The minimum absolute atomic E-state index is 0.113. The predicted molar refractivity (Wildman–Crippen MR) is 106 cm³/mol. The van der Waals surface area contributed by atoms with Crippen molar-refractivity contribution in [2.75, 3.05) is 20.9 Å². The van der Waals surface area contributed by atoms with Crippen LogP contribution in [0.1, 0.15) is 6.42 Å². The third-order valence-electron chi connectivity index (χ3n) is 3.53. The summed E-state index contributed by atoms with van der Waals surface area (Å²) >= 11 is 0. The zero-order valence-electron chi connectivity index (χ0n) is 14.7. The fraction of sp³-hybridized carbons (Fsp3) is 0.200. The standard InChI is InChI=1S/C15H16N4O8S2/c20-18(21)14-6-2-12(3-7-14)16-28(24,25)10-1-11-29(26,27)17-13-4-8-15(9-5-13)19(22)23/h2-9,16-17H,1,10-11H2. The molecule has 0 heterocycles. The number of rotatable bonds is 10. The molecule has 0 atom stereocenters. The van der Waals surface area contributed by atoms with Crippen LogP contribution in [0.5, 0.6) is 0 Å². The predicted octanol–water partition coefficient (Wildman–Crippen LogP) is 2.08. The molecule has 156 valence electrons. The Morgan fingerprint density at radius 2 is 0.966 bits per heavy atom. The Labute approximate surface area is 166 Å². The molecule has 0 saturated heterocycles. The second-order valence-electron chi connectivity index (χ2n) is 5.80.